The van der Waals surface area contributed by atoms with E-state index in [9.17, 15) is 4.79 Å². The third kappa shape index (κ3) is 2.88. The van der Waals surface area contributed by atoms with Gasteiger partial charge in [-0.15, -0.1) is 0 Å². The lowest BCUT2D eigenvalue weighted by atomic mass is 10.1. The molecule has 2 rings (SSSR count). The first-order chi connectivity index (χ1) is 8.99. The van der Waals surface area contributed by atoms with Gasteiger partial charge in [-0.25, -0.2) is 4.79 Å². The maximum absolute atomic E-state index is 10.9. The highest BCUT2D eigenvalue weighted by molar-refractivity contribution is 6.19. The molecule has 0 bridgehead atoms. The van der Waals surface area contributed by atoms with Gasteiger partial charge in [0, 0.05) is 11.1 Å². The lowest BCUT2D eigenvalue weighted by Crippen LogP contribution is -2.01. The molecule has 0 spiro atoms. The van der Waals surface area contributed by atoms with Gasteiger partial charge in [0.1, 0.15) is 5.75 Å². The summed E-state index contributed by atoms with van der Waals surface area (Å²) < 4.78 is 10.4. The van der Waals surface area contributed by atoms with Crippen molar-refractivity contribution in [1.29, 1.82) is 0 Å². The summed E-state index contributed by atoms with van der Waals surface area (Å²) in [7, 11) is 0. The molecule has 2 aromatic rings. The van der Waals surface area contributed by atoms with Gasteiger partial charge in [0.15, 0.2) is 17.0 Å². The van der Waals surface area contributed by atoms with Crippen molar-refractivity contribution in [3.8, 4) is 17.1 Å². The van der Waals surface area contributed by atoms with E-state index in [1.807, 2.05) is 0 Å². The molecule has 1 N–H and O–H groups in total. The number of ether oxygens (including phenoxy) is 1. The van der Waals surface area contributed by atoms with Gasteiger partial charge in [-0.3, -0.25) is 0 Å². The monoisotopic (exact) mass is 281 g/mol. The lowest BCUT2D eigenvalue weighted by Gasteiger charge is -2.07. The first-order valence-corrected chi connectivity index (χ1v) is 6.03. The molecule has 0 aliphatic carbocycles. The van der Waals surface area contributed by atoms with Gasteiger partial charge in [-0.1, -0.05) is 16.8 Å². The van der Waals surface area contributed by atoms with E-state index in [4.69, 9.17) is 26.0 Å². The molecular formula is C13H12ClNO4. The van der Waals surface area contributed by atoms with E-state index in [-0.39, 0.29) is 5.69 Å². The Labute approximate surface area is 114 Å². The van der Waals surface area contributed by atoms with Crippen LogP contribution in [0.2, 0.25) is 0 Å². The number of nitrogens with zero attached hydrogens (tertiary/aromatic N) is 1. The molecule has 0 fully saturated rings. The Kier molecular flexibility index (Phi) is 3.76. The van der Waals surface area contributed by atoms with Crippen molar-refractivity contribution < 1.29 is 19.2 Å². The van der Waals surface area contributed by atoms with Crippen molar-refractivity contribution in [2.75, 3.05) is 0 Å². The van der Waals surface area contributed by atoms with Crippen LogP contribution >= 0.6 is 11.6 Å². The van der Waals surface area contributed by atoms with Crippen LogP contribution in [0.3, 0.4) is 0 Å². The number of aromatic carboxylic acids is 1. The number of carboxylic acids is 1. The van der Waals surface area contributed by atoms with Gasteiger partial charge in [0.2, 0.25) is 0 Å². The molecule has 19 heavy (non-hydrogen) atoms. The van der Waals surface area contributed by atoms with E-state index in [0.29, 0.717) is 17.1 Å². The highest BCUT2D eigenvalue weighted by atomic mass is 35.5. The van der Waals surface area contributed by atoms with Crippen molar-refractivity contribution in [2.24, 2.45) is 0 Å². The largest absolute Gasteiger partial charge is 0.476 e. The van der Waals surface area contributed by atoms with E-state index in [0.717, 1.165) is 5.56 Å². The minimum atomic E-state index is -1.11. The van der Waals surface area contributed by atoms with E-state index in [1.165, 1.54) is 0 Å². The van der Waals surface area contributed by atoms with Gasteiger partial charge >= 0.3 is 5.97 Å². The van der Waals surface area contributed by atoms with Crippen LogP contribution in [-0.4, -0.2) is 21.8 Å². The molecule has 100 valence electrons. The molecule has 5 nitrogen and oxygen atoms in total. The molecule has 0 saturated heterocycles. The number of rotatable bonds is 4. The average molecular weight is 282 g/mol. The minimum Gasteiger partial charge on any atom is -0.476 e. The van der Waals surface area contributed by atoms with E-state index < -0.39 is 11.5 Å². The molecule has 0 aliphatic rings. The van der Waals surface area contributed by atoms with E-state index in [1.54, 1.807) is 38.1 Å². The number of benzene rings is 1. The Balaban J connectivity index is 2.30. The molecule has 1 aromatic heterocycles. The van der Waals surface area contributed by atoms with Gasteiger partial charge in [-0.05, 0) is 38.1 Å². The summed E-state index contributed by atoms with van der Waals surface area (Å²) in [5.41, 5.74) is 0.722. The molecule has 6 heteroatoms. The Morgan fingerprint density at radius 3 is 2.53 bits per heavy atom. The summed E-state index contributed by atoms with van der Waals surface area (Å²) in [5, 5.41) is 12.4. The zero-order chi connectivity index (χ0) is 14.0. The number of carboxylic acid groups (broad SMARTS) is 1. The third-order valence-electron chi connectivity index (χ3n) is 2.54. The fourth-order valence-electron chi connectivity index (χ4n) is 1.68. The second-order valence-corrected chi connectivity index (χ2v) is 4.59. The zero-order valence-corrected chi connectivity index (χ0v) is 11.1. The molecule has 1 aromatic carbocycles. The molecule has 0 radical (unpaired) electrons. The quantitative estimate of drug-likeness (QED) is 0.870. The molecule has 0 aliphatic heterocycles. The summed E-state index contributed by atoms with van der Waals surface area (Å²) in [6.07, 6.45) is 0. The lowest BCUT2D eigenvalue weighted by molar-refractivity contribution is 0.0685. The van der Waals surface area contributed by atoms with E-state index >= 15 is 0 Å². The van der Waals surface area contributed by atoms with Crippen LogP contribution in [0.1, 0.15) is 23.0 Å². The van der Waals surface area contributed by atoms with Gasteiger partial charge in [0.25, 0.3) is 0 Å². The number of halogens is 1. The van der Waals surface area contributed by atoms with Crippen molar-refractivity contribution in [3.63, 3.8) is 0 Å². The SMILES string of the molecule is Cc1c(C(=O)O)noc1-c1ccc(OC(C)Cl)cc1. The summed E-state index contributed by atoms with van der Waals surface area (Å²) >= 11 is 5.72. The van der Waals surface area contributed by atoms with Crippen LogP contribution in [0.5, 0.6) is 5.75 Å². The molecule has 0 saturated carbocycles. The predicted molar refractivity (Wildman–Crippen MR) is 69.6 cm³/mol. The zero-order valence-electron chi connectivity index (χ0n) is 10.4. The number of carbonyl (C=O) groups is 1. The van der Waals surface area contributed by atoms with Gasteiger partial charge < -0.3 is 14.4 Å². The number of hydrogen-bond acceptors (Lipinski definition) is 4. The Morgan fingerprint density at radius 1 is 1.42 bits per heavy atom. The fourth-order valence-corrected chi connectivity index (χ4v) is 1.78. The molecule has 1 unspecified atom stereocenters. The maximum atomic E-state index is 10.9. The number of alkyl halides is 1. The molecular weight excluding hydrogens is 270 g/mol. The summed E-state index contributed by atoms with van der Waals surface area (Å²) in [6, 6.07) is 6.98. The summed E-state index contributed by atoms with van der Waals surface area (Å²) in [4.78, 5) is 10.9. The van der Waals surface area contributed by atoms with Crippen molar-refractivity contribution in [1.82, 2.24) is 5.16 Å². The highest BCUT2D eigenvalue weighted by Crippen LogP contribution is 2.27. The van der Waals surface area contributed by atoms with Crippen LogP contribution < -0.4 is 4.74 Å². The summed E-state index contributed by atoms with van der Waals surface area (Å²) in [5.74, 6) is -0.0480. The topological polar surface area (TPSA) is 72.6 Å². The highest BCUT2D eigenvalue weighted by Gasteiger charge is 2.18. The van der Waals surface area contributed by atoms with Crippen LogP contribution in [0.4, 0.5) is 0 Å². The maximum Gasteiger partial charge on any atom is 0.358 e. The van der Waals surface area contributed by atoms with E-state index in [2.05, 4.69) is 5.16 Å². The second kappa shape index (κ2) is 5.32. The van der Waals surface area contributed by atoms with Crippen molar-refractivity contribution in [3.05, 3.63) is 35.5 Å². The third-order valence-corrected chi connectivity index (χ3v) is 2.63. The number of hydrogen-bond donors (Lipinski definition) is 1. The van der Waals surface area contributed by atoms with Crippen molar-refractivity contribution in [2.45, 2.75) is 19.4 Å². The predicted octanol–water partition coefficient (Wildman–Crippen LogP) is 3.31. The van der Waals surface area contributed by atoms with Crippen LogP contribution in [0, 0.1) is 6.92 Å². The standard InChI is InChI=1S/C13H12ClNO4/c1-7-11(13(16)17)15-19-12(7)9-3-5-10(6-4-9)18-8(2)14/h3-6,8H,1-2H3,(H,16,17). The normalized spacial score (nSPS) is 12.2. The number of aromatic nitrogens is 1. The summed E-state index contributed by atoms with van der Waals surface area (Å²) in [6.45, 7) is 3.37. The van der Waals surface area contributed by atoms with Gasteiger partial charge in [0.05, 0.1) is 0 Å². The molecule has 0 amide bonds. The van der Waals surface area contributed by atoms with Crippen molar-refractivity contribution >= 4 is 17.6 Å². The average Bonchev–Trinajstić information content (AvgIpc) is 2.71. The fraction of sp³-hybridized carbons (Fsp3) is 0.231. The molecule has 1 atom stereocenters. The Bertz CT molecular complexity index is 589. The first-order valence-electron chi connectivity index (χ1n) is 5.59. The first kappa shape index (κ1) is 13.4. The Hall–Kier alpha value is -2.01. The Morgan fingerprint density at radius 2 is 2.05 bits per heavy atom. The minimum absolute atomic E-state index is 0.0790. The van der Waals surface area contributed by atoms with Crippen LogP contribution in [-0.2, 0) is 0 Å². The van der Waals surface area contributed by atoms with Crippen LogP contribution in [0.25, 0.3) is 11.3 Å². The smallest absolute Gasteiger partial charge is 0.358 e. The van der Waals surface area contributed by atoms with Gasteiger partial charge in [-0.2, -0.15) is 0 Å². The van der Waals surface area contributed by atoms with Crippen LogP contribution in [0.15, 0.2) is 28.8 Å². The second-order valence-electron chi connectivity index (χ2n) is 3.98. The molecule has 1 heterocycles.